The smallest absolute Gasteiger partial charge is 0.160 e. The lowest BCUT2D eigenvalue weighted by Crippen LogP contribution is -2.49. The molecule has 0 unspecified atom stereocenters. The average molecular weight is 571 g/mol. The standard InChI is InChI=1S/C33H34N2O3S2/c1-39-31-12-10-30(11-13-31)35-20-17-33(18-21-35)16-15-28-22-27(9-14-32(28)38-33)26-7-5-25(6-8-26)23-40(36,37)24-29-4-2-3-19-34-29/h2-14,19,22H,15-18,20-21,23-24H2,1H3. The van der Waals surface area contributed by atoms with Gasteiger partial charge in [0.05, 0.1) is 17.2 Å². The molecule has 6 rings (SSSR count). The molecule has 0 aliphatic carbocycles. The molecule has 0 amide bonds. The Balaban J connectivity index is 1.09. The van der Waals surface area contributed by atoms with Gasteiger partial charge in [-0.2, -0.15) is 0 Å². The summed E-state index contributed by atoms with van der Waals surface area (Å²) in [6.07, 6.45) is 7.84. The number of benzene rings is 3. The molecule has 0 N–H and O–H groups in total. The number of pyridine rings is 1. The molecule has 0 radical (unpaired) electrons. The number of piperidine rings is 1. The van der Waals surface area contributed by atoms with Gasteiger partial charge in [0.2, 0.25) is 0 Å². The Hall–Kier alpha value is -3.29. The van der Waals surface area contributed by atoms with E-state index in [1.165, 1.54) is 16.1 Å². The molecule has 2 aliphatic rings. The first-order valence-corrected chi connectivity index (χ1v) is 16.9. The fourth-order valence-electron chi connectivity index (χ4n) is 5.83. The van der Waals surface area contributed by atoms with Gasteiger partial charge in [-0.25, -0.2) is 8.42 Å². The van der Waals surface area contributed by atoms with E-state index in [4.69, 9.17) is 4.74 Å². The minimum absolute atomic E-state index is 0.00448. The highest BCUT2D eigenvalue weighted by Gasteiger charge is 2.39. The normalized spacial score (nSPS) is 16.4. The number of hydrogen-bond donors (Lipinski definition) is 0. The number of thioether (sulfide) groups is 1. The highest BCUT2D eigenvalue weighted by atomic mass is 32.2. The van der Waals surface area contributed by atoms with Crippen LogP contribution in [0.2, 0.25) is 0 Å². The van der Waals surface area contributed by atoms with Crippen molar-refractivity contribution in [3.63, 3.8) is 0 Å². The number of aromatic nitrogens is 1. The van der Waals surface area contributed by atoms with E-state index in [0.29, 0.717) is 5.69 Å². The van der Waals surface area contributed by atoms with Gasteiger partial charge in [-0.1, -0.05) is 36.4 Å². The molecule has 4 aromatic rings. The molecule has 0 atom stereocenters. The Morgan fingerprint density at radius 1 is 0.875 bits per heavy atom. The van der Waals surface area contributed by atoms with E-state index in [1.807, 2.05) is 30.3 Å². The van der Waals surface area contributed by atoms with E-state index in [2.05, 4.69) is 58.6 Å². The van der Waals surface area contributed by atoms with E-state index >= 15 is 0 Å². The van der Waals surface area contributed by atoms with Crippen LogP contribution in [0.1, 0.15) is 36.1 Å². The maximum atomic E-state index is 12.7. The SMILES string of the molecule is CSc1ccc(N2CCC3(CCc4cc(-c5ccc(CS(=O)(=O)Cc6ccccn6)cc5)ccc4O3)CC2)cc1. The molecule has 0 saturated carbocycles. The summed E-state index contributed by atoms with van der Waals surface area (Å²) in [6, 6.07) is 28.5. The number of ether oxygens (including phenoxy) is 1. The van der Waals surface area contributed by atoms with Crippen LogP contribution in [0.5, 0.6) is 5.75 Å². The molecule has 5 nitrogen and oxygen atoms in total. The second-order valence-corrected chi connectivity index (χ2v) is 13.8. The zero-order chi connectivity index (χ0) is 27.6. The summed E-state index contributed by atoms with van der Waals surface area (Å²) in [5.74, 6) is 0.959. The van der Waals surface area contributed by atoms with Crippen LogP contribution in [-0.2, 0) is 27.8 Å². The Kier molecular flexibility index (Phi) is 7.60. The van der Waals surface area contributed by atoms with Crippen LogP contribution in [0, 0.1) is 0 Å². The lowest BCUT2D eigenvalue weighted by molar-refractivity contribution is 0.0226. The number of rotatable bonds is 7. The molecule has 1 aromatic heterocycles. The fraction of sp³-hybridized carbons (Fsp3) is 0.303. The molecule has 40 heavy (non-hydrogen) atoms. The van der Waals surface area contributed by atoms with Crippen LogP contribution in [0.15, 0.2) is 96.0 Å². The van der Waals surface area contributed by atoms with Gasteiger partial charge in [-0.05, 0) is 89.9 Å². The van der Waals surface area contributed by atoms with Crippen LogP contribution >= 0.6 is 11.8 Å². The Morgan fingerprint density at radius 3 is 2.33 bits per heavy atom. The number of sulfone groups is 1. The van der Waals surface area contributed by atoms with Crippen molar-refractivity contribution >= 4 is 27.3 Å². The topological polar surface area (TPSA) is 59.5 Å². The van der Waals surface area contributed by atoms with Crippen LogP contribution in [-0.4, -0.2) is 38.3 Å². The third kappa shape index (κ3) is 6.06. The number of hydrogen-bond acceptors (Lipinski definition) is 6. The fourth-order valence-corrected chi connectivity index (χ4v) is 7.66. The Bertz CT molecular complexity index is 1560. The minimum Gasteiger partial charge on any atom is -0.487 e. The molecule has 1 spiro atoms. The lowest BCUT2D eigenvalue weighted by Gasteiger charge is -2.45. The zero-order valence-corrected chi connectivity index (χ0v) is 24.4. The molecule has 206 valence electrons. The molecule has 2 aliphatic heterocycles. The Labute approximate surface area is 241 Å². The van der Waals surface area contributed by atoms with Crippen LogP contribution < -0.4 is 9.64 Å². The summed E-state index contributed by atoms with van der Waals surface area (Å²) in [4.78, 5) is 7.92. The summed E-state index contributed by atoms with van der Waals surface area (Å²) in [5, 5.41) is 0. The van der Waals surface area contributed by atoms with E-state index in [1.54, 1.807) is 30.1 Å². The summed E-state index contributed by atoms with van der Waals surface area (Å²) >= 11 is 1.77. The Morgan fingerprint density at radius 2 is 1.62 bits per heavy atom. The predicted octanol–water partition coefficient (Wildman–Crippen LogP) is 6.95. The van der Waals surface area contributed by atoms with Gasteiger partial charge in [0, 0.05) is 42.7 Å². The molecule has 1 fully saturated rings. The molecule has 0 bridgehead atoms. The second kappa shape index (κ2) is 11.3. The molecule has 7 heteroatoms. The largest absolute Gasteiger partial charge is 0.487 e. The van der Waals surface area contributed by atoms with Crippen molar-refractivity contribution < 1.29 is 13.2 Å². The molecular weight excluding hydrogens is 537 g/mol. The number of nitrogens with zero attached hydrogens (tertiary/aromatic N) is 2. The van der Waals surface area contributed by atoms with Crippen LogP contribution in [0.4, 0.5) is 5.69 Å². The second-order valence-electron chi connectivity index (χ2n) is 10.8. The highest BCUT2D eigenvalue weighted by Crippen LogP contribution is 2.41. The summed E-state index contributed by atoms with van der Waals surface area (Å²) in [6.45, 7) is 2.02. The van der Waals surface area contributed by atoms with Crippen molar-refractivity contribution in [2.75, 3.05) is 24.2 Å². The monoisotopic (exact) mass is 570 g/mol. The third-order valence-electron chi connectivity index (χ3n) is 8.12. The molecule has 3 heterocycles. The van der Waals surface area contributed by atoms with E-state index < -0.39 is 9.84 Å². The first kappa shape index (κ1) is 26.9. The van der Waals surface area contributed by atoms with Crippen molar-refractivity contribution in [2.45, 2.75) is 47.7 Å². The zero-order valence-electron chi connectivity index (χ0n) is 22.8. The van der Waals surface area contributed by atoms with Crippen LogP contribution in [0.3, 0.4) is 0 Å². The molecular formula is C33H34N2O3S2. The third-order valence-corrected chi connectivity index (χ3v) is 10.4. The van der Waals surface area contributed by atoms with E-state index in [-0.39, 0.29) is 17.1 Å². The number of anilines is 1. The lowest BCUT2D eigenvalue weighted by atomic mass is 9.82. The van der Waals surface area contributed by atoms with Crippen molar-refractivity contribution in [3.8, 4) is 16.9 Å². The van der Waals surface area contributed by atoms with Gasteiger partial charge in [0.25, 0.3) is 0 Å². The van der Waals surface area contributed by atoms with E-state index in [0.717, 1.165) is 61.2 Å². The maximum Gasteiger partial charge on any atom is 0.160 e. The summed E-state index contributed by atoms with van der Waals surface area (Å²) in [7, 11) is -3.30. The highest BCUT2D eigenvalue weighted by molar-refractivity contribution is 7.98. The van der Waals surface area contributed by atoms with Gasteiger partial charge >= 0.3 is 0 Å². The number of aryl methyl sites for hydroxylation is 1. The van der Waals surface area contributed by atoms with Crippen molar-refractivity contribution in [1.29, 1.82) is 0 Å². The van der Waals surface area contributed by atoms with Gasteiger partial charge in [0.1, 0.15) is 11.4 Å². The minimum atomic E-state index is -3.30. The predicted molar refractivity (Wildman–Crippen MR) is 164 cm³/mol. The van der Waals surface area contributed by atoms with Crippen molar-refractivity contribution in [3.05, 3.63) is 108 Å². The first-order valence-electron chi connectivity index (χ1n) is 13.8. The van der Waals surface area contributed by atoms with Gasteiger partial charge in [-0.3, -0.25) is 4.98 Å². The maximum absolute atomic E-state index is 12.7. The quantitative estimate of drug-likeness (QED) is 0.224. The molecule has 1 saturated heterocycles. The summed E-state index contributed by atoms with van der Waals surface area (Å²) < 4.78 is 32.0. The van der Waals surface area contributed by atoms with E-state index in [9.17, 15) is 8.42 Å². The first-order chi connectivity index (χ1) is 19.4. The molecule has 3 aromatic carbocycles. The van der Waals surface area contributed by atoms with Gasteiger partial charge in [0.15, 0.2) is 9.84 Å². The average Bonchev–Trinajstić information content (AvgIpc) is 2.98. The number of fused-ring (bicyclic) bond motifs is 1. The summed E-state index contributed by atoms with van der Waals surface area (Å²) in [5.41, 5.74) is 6.04. The van der Waals surface area contributed by atoms with Gasteiger partial charge in [-0.15, -0.1) is 11.8 Å². The van der Waals surface area contributed by atoms with Gasteiger partial charge < -0.3 is 9.64 Å². The van der Waals surface area contributed by atoms with Crippen LogP contribution in [0.25, 0.3) is 11.1 Å². The van der Waals surface area contributed by atoms with Crippen molar-refractivity contribution in [1.82, 2.24) is 4.98 Å². The van der Waals surface area contributed by atoms with Crippen molar-refractivity contribution in [2.24, 2.45) is 0 Å².